The highest BCUT2D eigenvalue weighted by Gasteiger charge is 2.31. The molecule has 1 fully saturated rings. The van der Waals surface area contributed by atoms with E-state index in [1.807, 2.05) is 24.3 Å². The zero-order valence-corrected chi connectivity index (χ0v) is 20.0. The molecule has 2 aliphatic rings. The number of nitrogens with two attached hydrogens (primary N) is 1. The number of fused-ring (bicyclic) bond motifs is 1. The average molecular weight is 485 g/mol. The summed E-state index contributed by atoms with van der Waals surface area (Å²) in [7, 11) is 0. The number of amides is 2. The summed E-state index contributed by atoms with van der Waals surface area (Å²) in [4.78, 5) is 49.3. The summed E-state index contributed by atoms with van der Waals surface area (Å²) in [6, 6.07) is 13.7. The van der Waals surface area contributed by atoms with E-state index in [0.29, 0.717) is 23.2 Å². The van der Waals surface area contributed by atoms with Crippen molar-refractivity contribution >= 4 is 23.4 Å². The van der Waals surface area contributed by atoms with Crippen molar-refractivity contribution in [2.75, 3.05) is 25.4 Å². The molecule has 2 atom stereocenters. The first-order valence-corrected chi connectivity index (χ1v) is 12.1. The molecule has 4 N–H and O–H groups in total. The number of likely N-dealkylation sites (N-methyl/N-ethyl adjacent to an activating group) is 1. The van der Waals surface area contributed by atoms with Crippen molar-refractivity contribution in [2.24, 2.45) is 0 Å². The maximum atomic E-state index is 13.0. The Labute approximate surface area is 209 Å². The first-order valence-electron chi connectivity index (χ1n) is 12.1. The van der Waals surface area contributed by atoms with Crippen LogP contribution in [-0.2, 0) is 11.2 Å². The highest BCUT2D eigenvalue weighted by atomic mass is 16.2. The first-order chi connectivity index (χ1) is 17.4. The molecule has 0 radical (unpaired) electrons. The molecule has 36 heavy (non-hydrogen) atoms. The number of aromatic nitrogens is 2. The molecule has 1 aliphatic carbocycles. The SMILES string of the molecule is CCN1CC[C@H](NC(=O)c2nc(-c3cccc(C(=O)N[C@@H]4C(=O)Cc5ccccc54)c3)cnc2N)C1. The van der Waals surface area contributed by atoms with Gasteiger partial charge in [0.05, 0.1) is 11.9 Å². The number of likely N-dealkylation sites (tertiary alicyclic amines) is 1. The van der Waals surface area contributed by atoms with Gasteiger partial charge in [-0.2, -0.15) is 0 Å². The third kappa shape index (κ3) is 4.70. The number of ketones is 1. The van der Waals surface area contributed by atoms with E-state index >= 15 is 0 Å². The maximum Gasteiger partial charge on any atom is 0.274 e. The van der Waals surface area contributed by atoms with Crippen LogP contribution in [-0.4, -0.2) is 58.1 Å². The van der Waals surface area contributed by atoms with Crippen LogP contribution in [0.5, 0.6) is 0 Å². The standard InChI is InChI=1S/C27H28N6O3/c1-2-33-11-10-19(15-33)30-27(36)24-25(28)29-14-21(31-24)17-7-5-8-18(12-17)26(35)32-23-20-9-4-3-6-16(20)13-22(23)34/h3-9,12,14,19,23H,2,10-11,13,15H2,1H3,(H2,28,29)(H,30,36)(H,32,35)/t19-,23-/m0/s1. The topological polar surface area (TPSA) is 130 Å². The van der Waals surface area contributed by atoms with Crippen LogP contribution in [0.2, 0.25) is 0 Å². The average Bonchev–Trinajstić information content (AvgIpc) is 3.47. The Hall–Kier alpha value is -4.11. The summed E-state index contributed by atoms with van der Waals surface area (Å²) in [6.45, 7) is 4.76. The van der Waals surface area contributed by atoms with E-state index in [1.165, 1.54) is 6.20 Å². The van der Waals surface area contributed by atoms with Crippen molar-refractivity contribution in [3.8, 4) is 11.3 Å². The Kier molecular flexibility index (Phi) is 6.47. The van der Waals surface area contributed by atoms with Crippen molar-refractivity contribution in [1.29, 1.82) is 0 Å². The van der Waals surface area contributed by atoms with Crippen LogP contribution in [0.15, 0.2) is 54.7 Å². The van der Waals surface area contributed by atoms with Gasteiger partial charge in [0, 0.05) is 36.7 Å². The third-order valence-electron chi connectivity index (χ3n) is 6.82. The minimum Gasteiger partial charge on any atom is -0.382 e. The lowest BCUT2D eigenvalue weighted by molar-refractivity contribution is -0.119. The van der Waals surface area contributed by atoms with E-state index in [-0.39, 0.29) is 35.2 Å². The first kappa shape index (κ1) is 23.6. The summed E-state index contributed by atoms with van der Waals surface area (Å²) < 4.78 is 0. The molecule has 0 unspecified atom stereocenters. The monoisotopic (exact) mass is 484 g/mol. The van der Waals surface area contributed by atoms with Gasteiger partial charge in [-0.15, -0.1) is 0 Å². The van der Waals surface area contributed by atoms with Gasteiger partial charge in [0.2, 0.25) is 0 Å². The van der Waals surface area contributed by atoms with Gasteiger partial charge in [0.25, 0.3) is 11.8 Å². The van der Waals surface area contributed by atoms with Crippen LogP contribution >= 0.6 is 0 Å². The third-order valence-corrected chi connectivity index (χ3v) is 6.82. The number of carbonyl (C=O) groups is 3. The summed E-state index contributed by atoms with van der Waals surface area (Å²) in [5.41, 5.74) is 9.21. The molecule has 9 nitrogen and oxygen atoms in total. The number of nitrogen functional groups attached to an aromatic ring is 1. The van der Waals surface area contributed by atoms with Gasteiger partial charge in [-0.25, -0.2) is 9.97 Å². The van der Waals surface area contributed by atoms with E-state index in [1.54, 1.807) is 24.3 Å². The van der Waals surface area contributed by atoms with Gasteiger partial charge < -0.3 is 21.3 Å². The largest absolute Gasteiger partial charge is 0.382 e. The molecule has 1 aliphatic heterocycles. The Morgan fingerprint density at radius 2 is 1.94 bits per heavy atom. The predicted molar refractivity (Wildman–Crippen MR) is 135 cm³/mol. The fourth-order valence-electron chi connectivity index (χ4n) is 4.83. The Balaban J connectivity index is 1.33. The van der Waals surface area contributed by atoms with E-state index < -0.39 is 6.04 Å². The molecule has 5 rings (SSSR count). The lowest BCUT2D eigenvalue weighted by atomic mass is 10.1. The number of carbonyl (C=O) groups excluding carboxylic acids is 3. The summed E-state index contributed by atoms with van der Waals surface area (Å²) >= 11 is 0. The Morgan fingerprint density at radius 1 is 1.11 bits per heavy atom. The molecule has 2 heterocycles. The fourth-order valence-corrected chi connectivity index (χ4v) is 4.83. The van der Waals surface area contributed by atoms with Crippen molar-refractivity contribution in [2.45, 2.75) is 31.8 Å². The maximum absolute atomic E-state index is 13.0. The molecule has 0 bridgehead atoms. The van der Waals surface area contributed by atoms with Crippen LogP contribution in [0.1, 0.15) is 51.4 Å². The second-order valence-corrected chi connectivity index (χ2v) is 9.17. The van der Waals surface area contributed by atoms with E-state index in [2.05, 4.69) is 32.4 Å². The lowest BCUT2D eigenvalue weighted by Crippen LogP contribution is -2.38. The van der Waals surface area contributed by atoms with E-state index in [9.17, 15) is 14.4 Å². The fraction of sp³-hybridized carbons (Fsp3) is 0.296. The van der Waals surface area contributed by atoms with E-state index in [4.69, 9.17) is 5.73 Å². The van der Waals surface area contributed by atoms with Crippen molar-refractivity contribution in [3.05, 3.63) is 77.1 Å². The number of benzene rings is 2. The van der Waals surface area contributed by atoms with Gasteiger partial charge in [-0.05, 0) is 36.2 Å². The second-order valence-electron chi connectivity index (χ2n) is 9.17. The van der Waals surface area contributed by atoms with Crippen molar-refractivity contribution < 1.29 is 14.4 Å². The summed E-state index contributed by atoms with van der Waals surface area (Å²) in [5, 5.41) is 5.86. The zero-order valence-electron chi connectivity index (χ0n) is 20.0. The Bertz CT molecular complexity index is 1340. The van der Waals surface area contributed by atoms with Gasteiger partial charge in [0.1, 0.15) is 6.04 Å². The molecular weight excluding hydrogens is 456 g/mol. The molecule has 1 saturated heterocycles. The van der Waals surface area contributed by atoms with Crippen LogP contribution in [0.3, 0.4) is 0 Å². The normalized spacial score (nSPS) is 19.2. The number of nitrogens with zero attached hydrogens (tertiary/aromatic N) is 3. The predicted octanol–water partition coefficient (Wildman–Crippen LogP) is 2.15. The summed E-state index contributed by atoms with van der Waals surface area (Å²) in [5.74, 6) is -0.717. The molecular formula is C27H28N6O3. The number of rotatable bonds is 6. The number of hydrogen-bond acceptors (Lipinski definition) is 7. The molecule has 2 aromatic carbocycles. The Morgan fingerprint density at radius 3 is 2.75 bits per heavy atom. The van der Waals surface area contributed by atoms with Crippen molar-refractivity contribution in [3.63, 3.8) is 0 Å². The quantitative estimate of drug-likeness (QED) is 0.489. The zero-order chi connectivity index (χ0) is 25.2. The molecule has 0 saturated carbocycles. The minimum absolute atomic E-state index is 0.0370. The number of Topliss-reactive ketones (excluding diaryl/α,β-unsaturated/α-hetero) is 1. The van der Waals surface area contributed by atoms with Crippen LogP contribution in [0, 0.1) is 0 Å². The van der Waals surface area contributed by atoms with Gasteiger partial charge in [-0.3, -0.25) is 14.4 Å². The molecule has 1 aromatic heterocycles. The molecule has 184 valence electrons. The molecule has 2 amide bonds. The van der Waals surface area contributed by atoms with Crippen LogP contribution < -0.4 is 16.4 Å². The highest BCUT2D eigenvalue weighted by molar-refractivity contribution is 6.01. The van der Waals surface area contributed by atoms with Crippen LogP contribution in [0.4, 0.5) is 5.82 Å². The second kappa shape index (κ2) is 9.87. The lowest BCUT2D eigenvalue weighted by Gasteiger charge is -2.15. The number of anilines is 1. The summed E-state index contributed by atoms with van der Waals surface area (Å²) in [6.07, 6.45) is 2.66. The van der Waals surface area contributed by atoms with Crippen LogP contribution in [0.25, 0.3) is 11.3 Å². The number of hydrogen-bond donors (Lipinski definition) is 3. The molecule has 9 heteroatoms. The number of nitrogens with one attached hydrogen (secondary N) is 2. The molecule has 3 aromatic rings. The van der Waals surface area contributed by atoms with E-state index in [0.717, 1.165) is 37.2 Å². The van der Waals surface area contributed by atoms with Gasteiger partial charge in [0.15, 0.2) is 17.3 Å². The smallest absolute Gasteiger partial charge is 0.274 e. The minimum atomic E-state index is -0.664. The highest BCUT2D eigenvalue weighted by Crippen LogP contribution is 2.28. The van der Waals surface area contributed by atoms with Crippen molar-refractivity contribution in [1.82, 2.24) is 25.5 Å². The molecule has 0 spiro atoms. The van der Waals surface area contributed by atoms with Gasteiger partial charge >= 0.3 is 0 Å². The van der Waals surface area contributed by atoms with Gasteiger partial charge in [-0.1, -0.05) is 43.3 Å².